The average molecular weight is 248 g/mol. The normalized spacial score (nSPS) is 15.2. The maximum atomic E-state index is 13.5. The van der Waals surface area contributed by atoms with Crippen LogP contribution in [0.2, 0.25) is 5.02 Å². The Morgan fingerprint density at radius 3 is 2.67 bits per heavy atom. The number of hydrogen-bond acceptors (Lipinski definition) is 3. The summed E-state index contributed by atoms with van der Waals surface area (Å²) in [5.41, 5.74) is 6.55. The Bertz CT molecular complexity index is 434. The van der Waals surface area contributed by atoms with E-state index in [4.69, 9.17) is 23.2 Å². The molecule has 0 saturated heterocycles. The van der Waals surface area contributed by atoms with Crippen LogP contribution >= 0.6 is 23.2 Å². The van der Waals surface area contributed by atoms with Crippen LogP contribution in [-0.2, 0) is 0 Å². The van der Waals surface area contributed by atoms with E-state index in [9.17, 15) is 4.39 Å². The molecule has 0 radical (unpaired) electrons. The second-order valence-corrected chi connectivity index (χ2v) is 3.90. The first-order chi connectivity index (χ1) is 7.09. The van der Waals surface area contributed by atoms with Crippen LogP contribution in [0.1, 0.15) is 5.56 Å². The van der Waals surface area contributed by atoms with E-state index in [1.165, 1.54) is 6.07 Å². The number of nitrogens with zero attached hydrogens (tertiary/aromatic N) is 1. The molecular weight excluding hydrogens is 240 g/mol. The molecule has 0 fully saturated rings. The van der Waals surface area contributed by atoms with Crippen molar-refractivity contribution in [1.82, 2.24) is 11.0 Å². The van der Waals surface area contributed by atoms with Crippen LogP contribution < -0.4 is 16.0 Å². The van der Waals surface area contributed by atoms with Gasteiger partial charge in [0.1, 0.15) is 11.0 Å². The lowest BCUT2D eigenvalue weighted by Gasteiger charge is -2.18. The van der Waals surface area contributed by atoms with E-state index in [0.29, 0.717) is 16.4 Å². The highest BCUT2D eigenvalue weighted by Gasteiger charge is 2.16. The van der Waals surface area contributed by atoms with Crippen molar-refractivity contribution in [2.45, 2.75) is 6.92 Å². The quantitative estimate of drug-likeness (QED) is 0.748. The van der Waals surface area contributed by atoms with Crippen molar-refractivity contribution in [3.63, 3.8) is 0 Å². The van der Waals surface area contributed by atoms with Crippen LogP contribution in [0.3, 0.4) is 0 Å². The summed E-state index contributed by atoms with van der Waals surface area (Å²) in [7, 11) is 0. The van der Waals surface area contributed by atoms with Crippen LogP contribution in [0.25, 0.3) is 0 Å². The Labute approximate surface area is 96.4 Å². The van der Waals surface area contributed by atoms with Gasteiger partial charge in [-0.1, -0.05) is 23.2 Å². The monoisotopic (exact) mass is 247 g/mol. The molecule has 2 N–H and O–H groups in total. The molecule has 0 unspecified atom stereocenters. The summed E-state index contributed by atoms with van der Waals surface area (Å²) in [6, 6.07) is 3.21. The van der Waals surface area contributed by atoms with Gasteiger partial charge in [-0.3, -0.25) is 10.4 Å². The standard InChI is InChI=1S/C9H8Cl2FN3/c1-5-7(3-2-6(10)9(5)12)15-4-8(11)13-14-15/h2-4,13-14H,1H3. The largest absolute Gasteiger partial charge is 0.292 e. The molecule has 1 aliphatic rings. The van der Waals surface area contributed by atoms with Gasteiger partial charge in [-0.25, -0.2) is 4.39 Å². The van der Waals surface area contributed by atoms with E-state index >= 15 is 0 Å². The molecule has 15 heavy (non-hydrogen) atoms. The van der Waals surface area contributed by atoms with Gasteiger partial charge in [0, 0.05) is 5.56 Å². The molecule has 0 amide bonds. The Morgan fingerprint density at radius 2 is 2.07 bits per heavy atom. The van der Waals surface area contributed by atoms with Crippen LogP contribution in [-0.4, -0.2) is 0 Å². The molecule has 0 aliphatic carbocycles. The van der Waals surface area contributed by atoms with Gasteiger partial charge in [0.2, 0.25) is 0 Å². The molecule has 3 nitrogen and oxygen atoms in total. The van der Waals surface area contributed by atoms with Gasteiger partial charge in [-0.2, -0.15) is 0 Å². The van der Waals surface area contributed by atoms with Gasteiger partial charge in [0.25, 0.3) is 0 Å². The number of hydrogen-bond donors (Lipinski definition) is 2. The second kappa shape index (κ2) is 3.89. The Balaban J connectivity index is 2.42. The van der Waals surface area contributed by atoms with Gasteiger partial charge in [-0.15, -0.1) is 5.53 Å². The summed E-state index contributed by atoms with van der Waals surface area (Å²) in [4.78, 5) is 0. The topological polar surface area (TPSA) is 27.3 Å². The minimum Gasteiger partial charge on any atom is -0.292 e. The van der Waals surface area contributed by atoms with E-state index in [2.05, 4.69) is 11.0 Å². The fraction of sp³-hybridized carbons (Fsp3) is 0.111. The summed E-state index contributed by atoms with van der Waals surface area (Å²) in [5.74, 6) is -0.424. The van der Waals surface area contributed by atoms with Crippen LogP contribution in [0.5, 0.6) is 0 Å². The van der Waals surface area contributed by atoms with E-state index in [-0.39, 0.29) is 5.02 Å². The lowest BCUT2D eigenvalue weighted by Crippen LogP contribution is -2.36. The second-order valence-electron chi connectivity index (χ2n) is 3.09. The van der Waals surface area contributed by atoms with Crippen molar-refractivity contribution in [1.29, 1.82) is 0 Å². The fourth-order valence-corrected chi connectivity index (χ4v) is 1.67. The average Bonchev–Trinajstić information content (AvgIpc) is 2.61. The highest BCUT2D eigenvalue weighted by Crippen LogP contribution is 2.28. The fourth-order valence-electron chi connectivity index (χ4n) is 1.32. The zero-order valence-electron chi connectivity index (χ0n) is 7.81. The number of hydrazine groups is 2. The van der Waals surface area contributed by atoms with Gasteiger partial charge in [-0.05, 0) is 19.1 Å². The summed E-state index contributed by atoms with van der Waals surface area (Å²) in [5, 5.41) is 2.13. The van der Waals surface area contributed by atoms with E-state index in [1.54, 1.807) is 24.2 Å². The van der Waals surface area contributed by atoms with Crippen molar-refractivity contribution in [2.24, 2.45) is 0 Å². The molecule has 1 aliphatic heterocycles. The minimum absolute atomic E-state index is 0.110. The van der Waals surface area contributed by atoms with Gasteiger partial charge >= 0.3 is 0 Å². The first kappa shape index (κ1) is 10.5. The molecule has 0 saturated carbocycles. The number of halogens is 3. The van der Waals surface area contributed by atoms with Crippen molar-refractivity contribution in [3.05, 3.63) is 39.9 Å². The predicted molar refractivity (Wildman–Crippen MR) is 58.8 cm³/mol. The highest BCUT2D eigenvalue weighted by atomic mass is 35.5. The smallest absolute Gasteiger partial charge is 0.146 e. The predicted octanol–water partition coefficient (Wildman–Crippen LogP) is 2.65. The zero-order valence-corrected chi connectivity index (χ0v) is 9.33. The molecule has 80 valence electrons. The summed E-state index contributed by atoms with van der Waals surface area (Å²) >= 11 is 11.4. The molecular formula is C9H8Cl2FN3. The van der Waals surface area contributed by atoms with Crippen molar-refractivity contribution >= 4 is 28.9 Å². The molecule has 0 atom stereocenters. The van der Waals surface area contributed by atoms with Gasteiger partial charge in [0.15, 0.2) is 0 Å². The first-order valence-electron chi connectivity index (χ1n) is 4.22. The molecule has 1 heterocycles. The maximum Gasteiger partial charge on any atom is 0.146 e. The molecule has 0 bridgehead atoms. The molecule has 6 heteroatoms. The van der Waals surface area contributed by atoms with E-state index in [0.717, 1.165) is 0 Å². The maximum absolute atomic E-state index is 13.5. The van der Waals surface area contributed by atoms with E-state index in [1.807, 2.05) is 0 Å². The van der Waals surface area contributed by atoms with Crippen LogP contribution in [0.15, 0.2) is 23.5 Å². The van der Waals surface area contributed by atoms with Gasteiger partial charge < -0.3 is 0 Å². The Hall–Kier alpha value is -0.970. The number of benzene rings is 1. The van der Waals surface area contributed by atoms with Crippen molar-refractivity contribution < 1.29 is 4.39 Å². The van der Waals surface area contributed by atoms with Crippen LogP contribution in [0, 0.1) is 12.7 Å². The summed E-state index contributed by atoms with van der Waals surface area (Å²) < 4.78 is 13.5. The number of anilines is 1. The molecule has 0 spiro atoms. The molecule has 1 aromatic carbocycles. The Morgan fingerprint density at radius 1 is 1.33 bits per heavy atom. The van der Waals surface area contributed by atoms with Crippen molar-refractivity contribution in [3.8, 4) is 0 Å². The molecule has 0 aromatic heterocycles. The lowest BCUT2D eigenvalue weighted by molar-refractivity contribution is 0.614. The molecule has 2 rings (SSSR count). The highest BCUT2D eigenvalue weighted by molar-refractivity contribution is 6.31. The van der Waals surface area contributed by atoms with Gasteiger partial charge in [0.05, 0.1) is 16.9 Å². The molecule has 1 aromatic rings. The summed E-state index contributed by atoms with van der Waals surface area (Å²) in [6.45, 7) is 1.65. The van der Waals surface area contributed by atoms with Crippen LogP contribution in [0.4, 0.5) is 10.1 Å². The summed E-state index contributed by atoms with van der Waals surface area (Å²) in [6.07, 6.45) is 1.61. The third-order valence-electron chi connectivity index (χ3n) is 2.11. The van der Waals surface area contributed by atoms with Crippen molar-refractivity contribution in [2.75, 3.05) is 5.01 Å². The number of nitrogens with one attached hydrogen (secondary N) is 2. The third kappa shape index (κ3) is 1.88. The minimum atomic E-state index is -0.424. The number of rotatable bonds is 1. The SMILES string of the molecule is Cc1c(N2C=C(Cl)NN2)ccc(Cl)c1F. The lowest BCUT2D eigenvalue weighted by atomic mass is 10.2. The third-order valence-corrected chi connectivity index (χ3v) is 2.59. The van der Waals surface area contributed by atoms with E-state index < -0.39 is 5.82 Å². The Kier molecular flexibility index (Phi) is 2.73. The zero-order chi connectivity index (χ0) is 11.0. The first-order valence-corrected chi connectivity index (χ1v) is 4.98.